The topological polar surface area (TPSA) is 28.2 Å². The van der Waals surface area contributed by atoms with Crippen LogP contribution < -0.4 is 5.32 Å². The monoisotopic (exact) mass is 315 g/mol. The summed E-state index contributed by atoms with van der Waals surface area (Å²) in [6.45, 7) is 5.82. The number of aromatic nitrogens is 1. The van der Waals surface area contributed by atoms with E-state index in [2.05, 4.69) is 33.7 Å². The predicted molar refractivity (Wildman–Crippen MR) is 84.2 cm³/mol. The summed E-state index contributed by atoms with van der Waals surface area (Å²) in [6, 6.07) is 4.02. The van der Waals surface area contributed by atoms with Gasteiger partial charge in [0.15, 0.2) is 0 Å². The third kappa shape index (κ3) is 5.20. The third-order valence-electron chi connectivity index (χ3n) is 2.70. The molecule has 0 radical (unpaired) electrons. The molecule has 2 aromatic heterocycles. The molecule has 0 saturated heterocycles. The SMILES string of the molecule is Cc1nc(CN(C)CCNCc2ccc(Cl)s2)cs1. The first-order valence-corrected chi connectivity index (χ1v) is 8.25. The van der Waals surface area contributed by atoms with Crippen LogP contribution in [0.4, 0.5) is 0 Å². The number of halogens is 1. The molecule has 6 heteroatoms. The van der Waals surface area contributed by atoms with Gasteiger partial charge in [0.05, 0.1) is 15.0 Å². The number of nitrogens with zero attached hydrogens (tertiary/aromatic N) is 2. The first-order chi connectivity index (χ1) is 9.13. The molecule has 0 fully saturated rings. The Kier molecular flexibility index (Phi) is 5.78. The number of nitrogens with one attached hydrogen (secondary N) is 1. The molecular formula is C13H18ClN3S2. The molecule has 0 atom stereocenters. The third-order valence-corrected chi connectivity index (χ3v) is 4.75. The van der Waals surface area contributed by atoms with Crippen LogP contribution >= 0.6 is 34.3 Å². The van der Waals surface area contributed by atoms with Crippen LogP contribution in [0.25, 0.3) is 0 Å². The molecule has 0 aliphatic carbocycles. The van der Waals surface area contributed by atoms with Crippen LogP contribution in [0.5, 0.6) is 0 Å². The lowest BCUT2D eigenvalue weighted by molar-refractivity contribution is 0.321. The molecule has 1 N–H and O–H groups in total. The van der Waals surface area contributed by atoms with Crippen molar-refractivity contribution in [1.29, 1.82) is 0 Å². The molecule has 0 aliphatic rings. The normalized spacial score (nSPS) is 11.4. The molecule has 2 aromatic rings. The number of likely N-dealkylation sites (N-methyl/N-ethyl adjacent to an activating group) is 1. The fraction of sp³-hybridized carbons (Fsp3) is 0.462. The largest absolute Gasteiger partial charge is 0.311 e. The number of rotatable bonds is 7. The summed E-state index contributed by atoms with van der Waals surface area (Å²) < 4.78 is 0.854. The minimum absolute atomic E-state index is 0.854. The zero-order chi connectivity index (χ0) is 13.7. The highest BCUT2D eigenvalue weighted by Crippen LogP contribution is 2.20. The van der Waals surface area contributed by atoms with Gasteiger partial charge in [-0.1, -0.05) is 11.6 Å². The lowest BCUT2D eigenvalue weighted by atomic mass is 10.4. The van der Waals surface area contributed by atoms with Crippen LogP contribution in [-0.2, 0) is 13.1 Å². The first kappa shape index (κ1) is 14.9. The van der Waals surface area contributed by atoms with Crippen molar-refractivity contribution in [3.63, 3.8) is 0 Å². The minimum Gasteiger partial charge on any atom is -0.311 e. The van der Waals surface area contributed by atoms with Gasteiger partial charge in [-0.2, -0.15) is 0 Å². The molecule has 2 heterocycles. The number of thiophene rings is 1. The van der Waals surface area contributed by atoms with Gasteiger partial charge >= 0.3 is 0 Å². The molecule has 2 rings (SSSR count). The standard InChI is InChI=1S/C13H18ClN3S2/c1-10-16-11(9-18-10)8-17(2)6-5-15-7-12-3-4-13(14)19-12/h3-4,9,15H,5-8H2,1-2H3. The van der Waals surface area contributed by atoms with Crippen LogP contribution in [0.1, 0.15) is 15.6 Å². The van der Waals surface area contributed by atoms with E-state index in [4.69, 9.17) is 11.6 Å². The van der Waals surface area contributed by atoms with E-state index in [1.807, 2.05) is 13.0 Å². The lowest BCUT2D eigenvalue weighted by Crippen LogP contribution is -2.28. The van der Waals surface area contributed by atoms with Gasteiger partial charge in [0.1, 0.15) is 0 Å². The Bertz CT molecular complexity index is 509. The van der Waals surface area contributed by atoms with E-state index in [1.54, 1.807) is 22.7 Å². The summed E-state index contributed by atoms with van der Waals surface area (Å²) in [7, 11) is 2.12. The fourth-order valence-electron chi connectivity index (χ4n) is 1.76. The van der Waals surface area contributed by atoms with Gasteiger partial charge < -0.3 is 5.32 Å². The minimum atomic E-state index is 0.854. The highest BCUT2D eigenvalue weighted by atomic mass is 35.5. The second-order valence-corrected chi connectivity index (χ2v) is 7.34. The summed E-state index contributed by atoms with van der Waals surface area (Å²) >= 11 is 9.23. The van der Waals surface area contributed by atoms with Crippen LogP contribution in [0.15, 0.2) is 17.5 Å². The van der Waals surface area contributed by atoms with Crippen LogP contribution in [0, 0.1) is 6.92 Å². The van der Waals surface area contributed by atoms with Gasteiger partial charge in [-0.05, 0) is 26.1 Å². The zero-order valence-corrected chi connectivity index (χ0v) is 13.5. The number of aryl methyl sites for hydroxylation is 1. The Morgan fingerprint density at radius 3 is 2.89 bits per heavy atom. The summed E-state index contributed by atoms with van der Waals surface area (Å²) in [6.07, 6.45) is 0. The number of thiazole rings is 1. The van der Waals surface area contributed by atoms with Crippen LogP contribution in [0.3, 0.4) is 0 Å². The van der Waals surface area contributed by atoms with Crippen molar-refractivity contribution in [3.8, 4) is 0 Å². The summed E-state index contributed by atoms with van der Waals surface area (Å²) in [4.78, 5) is 8.03. The van der Waals surface area contributed by atoms with E-state index in [1.165, 1.54) is 4.88 Å². The number of hydrogen-bond donors (Lipinski definition) is 1. The molecule has 0 bridgehead atoms. The zero-order valence-electron chi connectivity index (χ0n) is 11.1. The fourth-order valence-corrected chi connectivity index (χ4v) is 3.43. The maximum absolute atomic E-state index is 5.89. The van der Waals surface area contributed by atoms with Gasteiger partial charge in [-0.15, -0.1) is 22.7 Å². The van der Waals surface area contributed by atoms with Crippen molar-refractivity contribution < 1.29 is 0 Å². The molecular weight excluding hydrogens is 298 g/mol. The van der Waals surface area contributed by atoms with Crippen molar-refractivity contribution in [2.45, 2.75) is 20.0 Å². The molecule has 0 aliphatic heterocycles. The Hall–Kier alpha value is -0.460. The van der Waals surface area contributed by atoms with E-state index >= 15 is 0 Å². The van der Waals surface area contributed by atoms with E-state index in [0.717, 1.165) is 41.2 Å². The van der Waals surface area contributed by atoms with Gasteiger partial charge in [0.25, 0.3) is 0 Å². The molecule has 0 amide bonds. The Balaban J connectivity index is 1.62. The quantitative estimate of drug-likeness (QED) is 0.794. The second-order valence-electron chi connectivity index (χ2n) is 4.48. The Morgan fingerprint density at radius 1 is 1.42 bits per heavy atom. The molecule has 0 aromatic carbocycles. The van der Waals surface area contributed by atoms with Gasteiger partial charge in [-0.25, -0.2) is 4.98 Å². The van der Waals surface area contributed by atoms with Crippen molar-refractivity contribution in [2.24, 2.45) is 0 Å². The van der Waals surface area contributed by atoms with E-state index in [0.29, 0.717) is 0 Å². The molecule has 19 heavy (non-hydrogen) atoms. The predicted octanol–water partition coefficient (Wildman–Crippen LogP) is 3.39. The molecule has 0 spiro atoms. The lowest BCUT2D eigenvalue weighted by Gasteiger charge is -2.15. The second kappa shape index (κ2) is 7.36. The van der Waals surface area contributed by atoms with Crippen molar-refractivity contribution >= 4 is 34.3 Å². The Morgan fingerprint density at radius 2 is 2.26 bits per heavy atom. The maximum Gasteiger partial charge on any atom is 0.0931 e. The number of hydrogen-bond acceptors (Lipinski definition) is 5. The molecule has 0 saturated carbocycles. The van der Waals surface area contributed by atoms with Gasteiger partial charge in [0, 0.05) is 36.4 Å². The summed E-state index contributed by atoms with van der Waals surface area (Å²) in [5.41, 5.74) is 1.16. The summed E-state index contributed by atoms with van der Waals surface area (Å²) in [5.74, 6) is 0. The van der Waals surface area contributed by atoms with E-state index in [9.17, 15) is 0 Å². The summed E-state index contributed by atoms with van der Waals surface area (Å²) in [5, 5.41) is 6.70. The molecule has 104 valence electrons. The van der Waals surface area contributed by atoms with E-state index in [-0.39, 0.29) is 0 Å². The van der Waals surface area contributed by atoms with Crippen molar-refractivity contribution in [2.75, 3.05) is 20.1 Å². The smallest absolute Gasteiger partial charge is 0.0931 e. The average Bonchev–Trinajstić information content (AvgIpc) is 2.94. The Labute approximate surface area is 127 Å². The van der Waals surface area contributed by atoms with E-state index < -0.39 is 0 Å². The average molecular weight is 316 g/mol. The van der Waals surface area contributed by atoms with Crippen molar-refractivity contribution in [1.82, 2.24) is 15.2 Å². The first-order valence-electron chi connectivity index (χ1n) is 6.18. The maximum atomic E-state index is 5.89. The van der Waals surface area contributed by atoms with Crippen LogP contribution in [-0.4, -0.2) is 30.0 Å². The van der Waals surface area contributed by atoms with Gasteiger partial charge in [0.2, 0.25) is 0 Å². The highest BCUT2D eigenvalue weighted by Gasteiger charge is 2.03. The van der Waals surface area contributed by atoms with Crippen molar-refractivity contribution in [3.05, 3.63) is 37.4 Å². The van der Waals surface area contributed by atoms with Gasteiger partial charge in [-0.3, -0.25) is 4.90 Å². The molecule has 0 unspecified atom stereocenters. The highest BCUT2D eigenvalue weighted by molar-refractivity contribution is 7.16. The van der Waals surface area contributed by atoms with Crippen LogP contribution in [0.2, 0.25) is 4.34 Å². The molecule has 3 nitrogen and oxygen atoms in total.